The van der Waals surface area contributed by atoms with Gasteiger partial charge in [-0.2, -0.15) is 0 Å². The highest BCUT2D eigenvalue weighted by atomic mass is 16.5. The molecule has 0 heterocycles. The Morgan fingerprint density at radius 1 is 1.50 bits per heavy atom. The first-order valence-corrected chi connectivity index (χ1v) is 5.67. The highest BCUT2D eigenvalue weighted by Gasteiger charge is 2.57. The average molecular weight is 219 g/mol. The van der Waals surface area contributed by atoms with Crippen LogP contribution in [0.15, 0.2) is 30.3 Å². The van der Waals surface area contributed by atoms with Crippen molar-refractivity contribution in [3.05, 3.63) is 35.9 Å². The molecule has 0 saturated heterocycles. The van der Waals surface area contributed by atoms with Gasteiger partial charge in [-0.05, 0) is 17.9 Å². The van der Waals surface area contributed by atoms with Gasteiger partial charge in [0.2, 0.25) is 0 Å². The SMILES string of the molecule is CCC1CC1(N)C(=O)OCc1ccccc1. The van der Waals surface area contributed by atoms with Crippen molar-refractivity contribution in [3.8, 4) is 0 Å². The third kappa shape index (κ3) is 2.09. The van der Waals surface area contributed by atoms with Gasteiger partial charge < -0.3 is 10.5 Å². The topological polar surface area (TPSA) is 52.3 Å². The van der Waals surface area contributed by atoms with Crippen LogP contribution in [-0.4, -0.2) is 11.5 Å². The van der Waals surface area contributed by atoms with E-state index in [1.54, 1.807) is 0 Å². The maximum atomic E-state index is 11.7. The van der Waals surface area contributed by atoms with Gasteiger partial charge in [0.15, 0.2) is 0 Å². The normalized spacial score (nSPS) is 27.5. The Morgan fingerprint density at radius 3 is 2.75 bits per heavy atom. The van der Waals surface area contributed by atoms with Crippen molar-refractivity contribution in [1.82, 2.24) is 0 Å². The van der Waals surface area contributed by atoms with Gasteiger partial charge in [-0.15, -0.1) is 0 Å². The molecule has 1 aliphatic carbocycles. The van der Waals surface area contributed by atoms with Crippen LogP contribution in [0, 0.1) is 5.92 Å². The molecule has 86 valence electrons. The summed E-state index contributed by atoms with van der Waals surface area (Å²) in [5.74, 6) is 0.0407. The second-order valence-electron chi connectivity index (χ2n) is 4.41. The van der Waals surface area contributed by atoms with E-state index in [4.69, 9.17) is 10.5 Å². The van der Waals surface area contributed by atoms with Gasteiger partial charge in [-0.3, -0.25) is 4.79 Å². The summed E-state index contributed by atoms with van der Waals surface area (Å²) in [4.78, 5) is 11.7. The van der Waals surface area contributed by atoms with E-state index >= 15 is 0 Å². The van der Waals surface area contributed by atoms with E-state index in [1.807, 2.05) is 37.3 Å². The van der Waals surface area contributed by atoms with Gasteiger partial charge in [0.05, 0.1) is 0 Å². The number of nitrogens with two attached hydrogens (primary N) is 1. The molecule has 1 aliphatic rings. The molecule has 0 bridgehead atoms. The number of esters is 1. The number of carbonyl (C=O) groups is 1. The van der Waals surface area contributed by atoms with Gasteiger partial charge in [-0.1, -0.05) is 43.7 Å². The molecule has 3 nitrogen and oxygen atoms in total. The quantitative estimate of drug-likeness (QED) is 0.786. The van der Waals surface area contributed by atoms with Crippen LogP contribution in [0.2, 0.25) is 0 Å². The van der Waals surface area contributed by atoms with Crippen LogP contribution in [-0.2, 0) is 16.1 Å². The number of rotatable bonds is 4. The predicted octanol–water partition coefficient (Wildman–Crippen LogP) is 1.86. The Labute approximate surface area is 95.6 Å². The second-order valence-corrected chi connectivity index (χ2v) is 4.41. The van der Waals surface area contributed by atoms with Crippen molar-refractivity contribution in [1.29, 1.82) is 0 Å². The highest BCUT2D eigenvalue weighted by Crippen LogP contribution is 2.44. The molecular weight excluding hydrogens is 202 g/mol. The van der Waals surface area contributed by atoms with Crippen molar-refractivity contribution < 1.29 is 9.53 Å². The van der Waals surface area contributed by atoms with Crippen LogP contribution in [0.25, 0.3) is 0 Å². The summed E-state index contributed by atoms with van der Waals surface area (Å²) in [6.07, 6.45) is 1.70. The minimum absolute atomic E-state index is 0.261. The van der Waals surface area contributed by atoms with E-state index in [2.05, 4.69) is 0 Å². The summed E-state index contributed by atoms with van der Waals surface area (Å²) in [7, 11) is 0. The van der Waals surface area contributed by atoms with E-state index in [0.717, 1.165) is 18.4 Å². The largest absolute Gasteiger partial charge is 0.459 e. The van der Waals surface area contributed by atoms with Crippen LogP contribution in [0.1, 0.15) is 25.3 Å². The van der Waals surface area contributed by atoms with Crippen molar-refractivity contribution >= 4 is 5.97 Å². The molecule has 0 amide bonds. The molecule has 2 atom stereocenters. The van der Waals surface area contributed by atoms with Crippen LogP contribution >= 0.6 is 0 Å². The molecule has 0 spiro atoms. The Kier molecular flexibility index (Phi) is 2.97. The summed E-state index contributed by atoms with van der Waals surface area (Å²) in [6.45, 7) is 2.36. The zero-order chi connectivity index (χ0) is 11.6. The number of benzene rings is 1. The lowest BCUT2D eigenvalue weighted by Gasteiger charge is -2.10. The summed E-state index contributed by atoms with van der Waals surface area (Å²) in [6, 6.07) is 9.64. The van der Waals surface area contributed by atoms with Crippen LogP contribution < -0.4 is 5.73 Å². The van der Waals surface area contributed by atoms with Gasteiger partial charge in [-0.25, -0.2) is 0 Å². The van der Waals surface area contributed by atoms with Crippen molar-refractivity contribution in [2.45, 2.75) is 31.9 Å². The second kappa shape index (κ2) is 4.26. The average Bonchev–Trinajstić information content (AvgIpc) is 3.00. The molecule has 0 radical (unpaired) electrons. The number of hydrogen-bond acceptors (Lipinski definition) is 3. The summed E-state index contributed by atoms with van der Waals surface area (Å²) in [5.41, 5.74) is 6.22. The Balaban J connectivity index is 1.86. The highest BCUT2D eigenvalue weighted by molar-refractivity contribution is 5.84. The molecule has 0 aliphatic heterocycles. The van der Waals surface area contributed by atoms with E-state index in [1.165, 1.54) is 0 Å². The van der Waals surface area contributed by atoms with Gasteiger partial charge >= 0.3 is 5.97 Å². The fraction of sp³-hybridized carbons (Fsp3) is 0.462. The molecule has 3 heteroatoms. The summed E-state index contributed by atoms with van der Waals surface area (Å²) in [5, 5.41) is 0. The molecule has 1 fully saturated rings. The predicted molar refractivity (Wildman–Crippen MR) is 61.6 cm³/mol. The molecular formula is C13H17NO2. The standard InChI is InChI=1S/C13H17NO2/c1-2-11-8-13(11,14)12(15)16-9-10-6-4-3-5-7-10/h3-7,11H,2,8-9,14H2,1H3. The zero-order valence-corrected chi connectivity index (χ0v) is 9.48. The summed E-state index contributed by atoms with van der Waals surface area (Å²) >= 11 is 0. The van der Waals surface area contributed by atoms with E-state index in [-0.39, 0.29) is 5.97 Å². The van der Waals surface area contributed by atoms with E-state index in [9.17, 15) is 4.79 Å². The Morgan fingerprint density at radius 2 is 2.19 bits per heavy atom. The molecule has 2 unspecified atom stereocenters. The lowest BCUT2D eigenvalue weighted by atomic mass is 10.2. The lowest BCUT2D eigenvalue weighted by molar-refractivity contribution is -0.148. The zero-order valence-electron chi connectivity index (χ0n) is 9.48. The molecule has 1 aromatic rings. The number of ether oxygens (including phenoxy) is 1. The third-order valence-corrected chi connectivity index (χ3v) is 3.24. The van der Waals surface area contributed by atoms with E-state index in [0.29, 0.717) is 12.5 Å². The maximum Gasteiger partial charge on any atom is 0.326 e. The Hall–Kier alpha value is -1.35. The fourth-order valence-corrected chi connectivity index (χ4v) is 1.96. The van der Waals surface area contributed by atoms with Crippen molar-refractivity contribution in [2.24, 2.45) is 11.7 Å². The minimum atomic E-state index is -0.705. The van der Waals surface area contributed by atoms with Crippen LogP contribution in [0.3, 0.4) is 0 Å². The fourth-order valence-electron chi connectivity index (χ4n) is 1.96. The first-order chi connectivity index (χ1) is 7.66. The third-order valence-electron chi connectivity index (χ3n) is 3.24. The van der Waals surface area contributed by atoms with Gasteiger partial charge in [0.25, 0.3) is 0 Å². The molecule has 16 heavy (non-hydrogen) atoms. The van der Waals surface area contributed by atoms with Crippen molar-refractivity contribution in [3.63, 3.8) is 0 Å². The first kappa shape index (κ1) is 11.1. The van der Waals surface area contributed by atoms with Crippen molar-refractivity contribution in [2.75, 3.05) is 0 Å². The molecule has 2 N–H and O–H groups in total. The Bertz CT molecular complexity index is 377. The number of hydrogen-bond donors (Lipinski definition) is 1. The molecule has 1 saturated carbocycles. The lowest BCUT2D eigenvalue weighted by Crippen LogP contribution is -2.36. The molecule has 2 rings (SSSR count). The van der Waals surface area contributed by atoms with E-state index < -0.39 is 5.54 Å². The van der Waals surface area contributed by atoms with Crippen LogP contribution in [0.4, 0.5) is 0 Å². The molecule has 1 aromatic carbocycles. The molecule has 0 aromatic heterocycles. The van der Waals surface area contributed by atoms with Gasteiger partial charge in [0, 0.05) is 0 Å². The maximum absolute atomic E-state index is 11.7. The van der Waals surface area contributed by atoms with Gasteiger partial charge in [0.1, 0.15) is 12.1 Å². The minimum Gasteiger partial charge on any atom is -0.459 e. The smallest absolute Gasteiger partial charge is 0.326 e. The number of carbonyl (C=O) groups excluding carboxylic acids is 1. The first-order valence-electron chi connectivity index (χ1n) is 5.67. The monoisotopic (exact) mass is 219 g/mol. The van der Waals surface area contributed by atoms with Crippen LogP contribution in [0.5, 0.6) is 0 Å². The summed E-state index contributed by atoms with van der Waals surface area (Å²) < 4.78 is 5.22.